The van der Waals surface area contributed by atoms with E-state index in [1.807, 2.05) is 0 Å². The summed E-state index contributed by atoms with van der Waals surface area (Å²) in [5, 5.41) is 0. The quantitative estimate of drug-likeness (QED) is 0.765. The second kappa shape index (κ2) is 3.73. The van der Waals surface area contributed by atoms with Crippen LogP contribution in [0.15, 0.2) is 29.2 Å². The van der Waals surface area contributed by atoms with Crippen LogP contribution in [0.3, 0.4) is 0 Å². The Bertz CT molecular complexity index is 595. The van der Waals surface area contributed by atoms with Gasteiger partial charge >= 0.3 is 0 Å². The van der Waals surface area contributed by atoms with Crippen molar-refractivity contribution in [3.8, 4) is 11.3 Å². The molecule has 0 spiro atoms. The van der Waals surface area contributed by atoms with Crippen molar-refractivity contribution in [3.05, 3.63) is 46.4 Å². The largest absolute Gasteiger partial charge is 0.379 e. The standard InChI is InChI=1S/C10H7F2N3O/c11-6-2-1-5(3-7(6)12)8-4-14-9(13)10(16)15-8/h1-4H,(H2,13,14)(H,15,16). The van der Waals surface area contributed by atoms with Crippen molar-refractivity contribution in [1.29, 1.82) is 0 Å². The van der Waals surface area contributed by atoms with Gasteiger partial charge in [-0.15, -0.1) is 0 Å². The molecule has 6 heteroatoms. The van der Waals surface area contributed by atoms with Gasteiger partial charge in [0.05, 0.1) is 11.9 Å². The van der Waals surface area contributed by atoms with Crippen LogP contribution >= 0.6 is 0 Å². The molecule has 0 fully saturated rings. The highest BCUT2D eigenvalue weighted by atomic mass is 19.2. The van der Waals surface area contributed by atoms with E-state index in [1.54, 1.807) is 0 Å². The van der Waals surface area contributed by atoms with Gasteiger partial charge in [-0.1, -0.05) is 0 Å². The lowest BCUT2D eigenvalue weighted by Gasteiger charge is -2.02. The number of nitrogens with zero attached hydrogens (tertiary/aromatic N) is 1. The Hall–Kier alpha value is -2.24. The molecule has 1 aromatic carbocycles. The second-order valence-corrected chi connectivity index (χ2v) is 3.14. The zero-order valence-corrected chi connectivity index (χ0v) is 8.00. The van der Waals surface area contributed by atoms with Crippen molar-refractivity contribution in [2.24, 2.45) is 0 Å². The minimum atomic E-state index is -0.991. The fraction of sp³-hybridized carbons (Fsp3) is 0. The van der Waals surface area contributed by atoms with Gasteiger partial charge in [0.25, 0.3) is 5.56 Å². The maximum atomic E-state index is 12.9. The fourth-order valence-electron chi connectivity index (χ4n) is 1.22. The van der Waals surface area contributed by atoms with Crippen molar-refractivity contribution >= 4 is 5.82 Å². The number of aromatic nitrogens is 2. The molecule has 2 rings (SSSR count). The number of nitrogen functional groups attached to an aromatic ring is 1. The molecule has 1 aromatic heterocycles. The average molecular weight is 223 g/mol. The summed E-state index contributed by atoms with van der Waals surface area (Å²) in [5.74, 6) is -2.11. The lowest BCUT2D eigenvalue weighted by Crippen LogP contribution is -2.14. The van der Waals surface area contributed by atoms with E-state index in [2.05, 4.69) is 9.97 Å². The molecule has 4 nitrogen and oxygen atoms in total. The summed E-state index contributed by atoms with van der Waals surface area (Å²) < 4.78 is 25.6. The predicted molar refractivity (Wildman–Crippen MR) is 54.6 cm³/mol. The SMILES string of the molecule is Nc1ncc(-c2ccc(F)c(F)c2)[nH]c1=O. The van der Waals surface area contributed by atoms with Gasteiger partial charge in [-0.2, -0.15) is 0 Å². The number of hydrogen-bond acceptors (Lipinski definition) is 3. The monoisotopic (exact) mass is 223 g/mol. The van der Waals surface area contributed by atoms with E-state index in [9.17, 15) is 13.6 Å². The van der Waals surface area contributed by atoms with Gasteiger partial charge in [0.2, 0.25) is 0 Å². The first-order valence-corrected chi connectivity index (χ1v) is 4.38. The smallest absolute Gasteiger partial charge is 0.290 e. The lowest BCUT2D eigenvalue weighted by molar-refractivity contribution is 0.509. The molecule has 3 N–H and O–H groups in total. The zero-order chi connectivity index (χ0) is 11.7. The zero-order valence-electron chi connectivity index (χ0n) is 8.00. The van der Waals surface area contributed by atoms with Crippen LogP contribution in [0.1, 0.15) is 0 Å². The lowest BCUT2D eigenvalue weighted by atomic mass is 10.1. The minimum Gasteiger partial charge on any atom is -0.379 e. The van der Waals surface area contributed by atoms with Crippen molar-refractivity contribution in [2.75, 3.05) is 5.73 Å². The Balaban J connectivity index is 2.55. The van der Waals surface area contributed by atoms with Crippen LogP contribution in [-0.2, 0) is 0 Å². The summed E-state index contributed by atoms with van der Waals surface area (Å²) in [6, 6.07) is 3.28. The van der Waals surface area contributed by atoms with Crippen LogP contribution in [0.2, 0.25) is 0 Å². The van der Waals surface area contributed by atoms with Gasteiger partial charge in [-0.05, 0) is 18.2 Å². The maximum Gasteiger partial charge on any atom is 0.290 e. The predicted octanol–water partition coefficient (Wildman–Crippen LogP) is 1.30. The van der Waals surface area contributed by atoms with E-state index in [0.717, 1.165) is 12.1 Å². The highest BCUT2D eigenvalue weighted by molar-refractivity contribution is 5.58. The molecule has 0 aliphatic rings. The number of nitrogens with two attached hydrogens (primary N) is 1. The van der Waals surface area contributed by atoms with Crippen LogP contribution < -0.4 is 11.3 Å². The molecule has 0 bridgehead atoms. The van der Waals surface area contributed by atoms with Crippen LogP contribution in [0, 0.1) is 11.6 Å². The van der Waals surface area contributed by atoms with Crippen LogP contribution in [0.4, 0.5) is 14.6 Å². The Morgan fingerprint density at radius 1 is 1.25 bits per heavy atom. The van der Waals surface area contributed by atoms with Gasteiger partial charge in [-0.3, -0.25) is 4.79 Å². The number of benzene rings is 1. The van der Waals surface area contributed by atoms with Gasteiger partial charge < -0.3 is 10.7 Å². The molecule has 0 saturated carbocycles. The molecule has 0 aliphatic heterocycles. The Morgan fingerprint density at radius 3 is 2.62 bits per heavy atom. The minimum absolute atomic E-state index is 0.175. The third-order valence-corrected chi connectivity index (χ3v) is 2.04. The van der Waals surface area contributed by atoms with E-state index < -0.39 is 17.2 Å². The molecule has 2 aromatic rings. The molecule has 0 radical (unpaired) electrons. The number of H-pyrrole nitrogens is 1. The number of rotatable bonds is 1. The molecular formula is C10H7F2N3O. The first-order valence-electron chi connectivity index (χ1n) is 4.38. The summed E-state index contributed by atoms with van der Waals surface area (Å²) in [6.45, 7) is 0. The molecule has 0 saturated heterocycles. The van der Waals surface area contributed by atoms with Crippen molar-refractivity contribution in [1.82, 2.24) is 9.97 Å². The van der Waals surface area contributed by atoms with Gasteiger partial charge in [0.15, 0.2) is 17.5 Å². The first-order chi connectivity index (χ1) is 7.58. The third kappa shape index (κ3) is 1.77. The van der Waals surface area contributed by atoms with E-state index in [0.29, 0.717) is 5.56 Å². The van der Waals surface area contributed by atoms with Crippen molar-refractivity contribution in [3.63, 3.8) is 0 Å². The van der Waals surface area contributed by atoms with Gasteiger partial charge in [0, 0.05) is 5.56 Å². The summed E-state index contributed by atoms with van der Waals surface area (Å²) in [6.07, 6.45) is 1.28. The second-order valence-electron chi connectivity index (χ2n) is 3.14. The summed E-state index contributed by atoms with van der Waals surface area (Å²) in [5.41, 5.74) is 5.26. The van der Waals surface area contributed by atoms with Gasteiger partial charge in [-0.25, -0.2) is 13.8 Å². The summed E-state index contributed by atoms with van der Waals surface area (Å²) >= 11 is 0. The van der Waals surface area contributed by atoms with Crippen LogP contribution in [0.25, 0.3) is 11.3 Å². The Morgan fingerprint density at radius 2 is 2.00 bits per heavy atom. The number of anilines is 1. The molecule has 0 amide bonds. The Labute approximate surface area is 88.8 Å². The van der Waals surface area contributed by atoms with Crippen molar-refractivity contribution < 1.29 is 8.78 Å². The summed E-state index contributed by atoms with van der Waals surface area (Å²) in [4.78, 5) is 17.2. The van der Waals surface area contributed by atoms with E-state index in [1.165, 1.54) is 12.3 Å². The molecule has 0 atom stereocenters. The number of nitrogens with one attached hydrogen (secondary N) is 1. The molecule has 0 aliphatic carbocycles. The number of aromatic amines is 1. The van der Waals surface area contributed by atoms with Crippen LogP contribution in [-0.4, -0.2) is 9.97 Å². The fourth-order valence-corrected chi connectivity index (χ4v) is 1.22. The number of halogens is 2. The third-order valence-electron chi connectivity index (χ3n) is 2.04. The average Bonchev–Trinajstić information content (AvgIpc) is 2.26. The van der Waals surface area contributed by atoms with E-state index in [-0.39, 0.29) is 11.5 Å². The van der Waals surface area contributed by atoms with E-state index >= 15 is 0 Å². The normalized spacial score (nSPS) is 10.4. The van der Waals surface area contributed by atoms with Crippen molar-refractivity contribution in [2.45, 2.75) is 0 Å². The molecular weight excluding hydrogens is 216 g/mol. The van der Waals surface area contributed by atoms with Crippen LogP contribution in [0.5, 0.6) is 0 Å². The Kier molecular flexibility index (Phi) is 2.40. The topological polar surface area (TPSA) is 71.8 Å². The molecule has 1 heterocycles. The highest BCUT2D eigenvalue weighted by Gasteiger charge is 2.06. The molecule has 0 unspecified atom stereocenters. The molecule has 16 heavy (non-hydrogen) atoms. The molecule has 82 valence electrons. The number of hydrogen-bond donors (Lipinski definition) is 2. The highest BCUT2D eigenvalue weighted by Crippen LogP contribution is 2.17. The van der Waals surface area contributed by atoms with E-state index in [4.69, 9.17) is 5.73 Å². The summed E-state index contributed by atoms with van der Waals surface area (Å²) in [7, 11) is 0. The first kappa shape index (κ1) is 10.3. The maximum absolute atomic E-state index is 12.9. The van der Waals surface area contributed by atoms with Gasteiger partial charge in [0.1, 0.15) is 0 Å².